The van der Waals surface area contributed by atoms with Crippen molar-refractivity contribution in [3.8, 4) is 0 Å². The SMILES string of the molecule is O=S(=O)([O-])CCCCCCCF.[Na+]. The third-order valence-electron chi connectivity index (χ3n) is 1.53. The minimum absolute atomic E-state index is 0. The number of alkyl halides is 1. The topological polar surface area (TPSA) is 57.2 Å². The average Bonchev–Trinajstić information content (AvgIpc) is 1.94. The second kappa shape index (κ2) is 9.40. The van der Waals surface area contributed by atoms with Crippen molar-refractivity contribution >= 4 is 10.1 Å². The number of hydrogen-bond donors (Lipinski definition) is 0. The zero-order valence-electron chi connectivity index (χ0n) is 7.96. The van der Waals surface area contributed by atoms with Crippen LogP contribution in [0.4, 0.5) is 4.39 Å². The van der Waals surface area contributed by atoms with Crippen LogP contribution in [-0.4, -0.2) is 25.4 Å². The zero-order valence-corrected chi connectivity index (χ0v) is 10.8. The summed E-state index contributed by atoms with van der Waals surface area (Å²) in [5.74, 6) is -0.289. The molecule has 0 aromatic heterocycles. The molecule has 13 heavy (non-hydrogen) atoms. The molecule has 0 saturated carbocycles. The Labute approximate surface area is 101 Å². The molecule has 0 aromatic rings. The van der Waals surface area contributed by atoms with Crippen molar-refractivity contribution in [2.24, 2.45) is 0 Å². The molecule has 0 aromatic carbocycles. The molecule has 0 heterocycles. The summed E-state index contributed by atoms with van der Waals surface area (Å²) in [6.07, 6.45) is 3.21. The molecule has 0 amide bonds. The summed E-state index contributed by atoms with van der Waals surface area (Å²) in [7, 11) is -4.04. The zero-order chi connectivity index (χ0) is 9.45. The maximum Gasteiger partial charge on any atom is 1.00 e. The first-order chi connectivity index (χ1) is 5.56. The third-order valence-corrected chi connectivity index (χ3v) is 2.32. The van der Waals surface area contributed by atoms with E-state index in [1.165, 1.54) is 0 Å². The van der Waals surface area contributed by atoms with Gasteiger partial charge >= 0.3 is 29.6 Å². The Balaban J connectivity index is 0. The first-order valence-corrected chi connectivity index (χ1v) is 5.63. The van der Waals surface area contributed by atoms with Gasteiger partial charge in [0.1, 0.15) is 0 Å². The summed E-state index contributed by atoms with van der Waals surface area (Å²) < 4.78 is 41.9. The van der Waals surface area contributed by atoms with Gasteiger partial charge in [-0.2, -0.15) is 0 Å². The molecule has 0 atom stereocenters. The molecule has 0 radical (unpaired) electrons. The van der Waals surface area contributed by atoms with Gasteiger partial charge in [0.25, 0.3) is 0 Å². The van der Waals surface area contributed by atoms with Crippen molar-refractivity contribution in [2.45, 2.75) is 32.1 Å². The van der Waals surface area contributed by atoms with E-state index in [1.807, 2.05) is 0 Å². The van der Waals surface area contributed by atoms with E-state index >= 15 is 0 Å². The molecule has 0 fully saturated rings. The summed E-state index contributed by atoms with van der Waals surface area (Å²) in [6, 6.07) is 0. The molecule has 0 aliphatic heterocycles. The van der Waals surface area contributed by atoms with E-state index in [0.29, 0.717) is 19.3 Å². The summed E-state index contributed by atoms with van der Waals surface area (Å²) in [6.45, 7) is -0.320. The summed E-state index contributed by atoms with van der Waals surface area (Å²) in [5, 5.41) is 0. The molecule has 0 unspecified atom stereocenters. The molecule has 0 aliphatic rings. The van der Waals surface area contributed by atoms with E-state index in [1.54, 1.807) is 0 Å². The number of hydrogen-bond acceptors (Lipinski definition) is 3. The van der Waals surface area contributed by atoms with Crippen LogP contribution >= 0.6 is 0 Å². The molecular weight excluding hydrogens is 206 g/mol. The standard InChI is InChI=1S/C7H15FO3S.Na/c8-6-4-2-1-3-5-7-12(9,10)11;/h1-7H2,(H,9,10,11);/q;+1/p-1. The van der Waals surface area contributed by atoms with E-state index in [-0.39, 0.29) is 42.0 Å². The molecule has 6 heteroatoms. The Morgan fingerprint density at radius 1 is 1.00 bits per heavy atom. The molecule has 3 nitrogen and oxygen atoms in total. The molecular formula is C7H14FNaO3S. The van der Waals surface area contributed by atoms with Crippen molar-refractivity contribution in [3.63, 3.8) is 0 Å². The van der Waals surface area contributed by atoms with Gasteiger partial charge in [-0.1, -0.05) is 19.3 Å². The van der Waals surface area contributed by atoms with Crippen LogP contribution in [0.5, 0.6) is 0 Å². The number of halogens is 1. The molecule has 0 aliphatic carbocycles. The van der Waals surface area contributed by atoms with Crippen molar-refractivity contribution in [2.75, 3.05) is 12.4 Å². The minimum Gasteiger partial charge on any atom is -0.748 e. The Hall–Kier alpha value is 0.840. The van der Waals surface area contributed by atoms with Crippen LogP contribution in [0, 0.1) is 0 Å². The van der Waals surface area contributed by atoms with Crippen LogP contribution in [-0.2, 0) is 10.1 Å². The smallest absolute Gasteiger partial charge is 0.748 e. The largest absolute Gasteiger partial charge is 1.00 e. The summed E-state index contributed by atoms with van der Waals surface area (Å²) in [5.41, 5.74) is 0. The van der Waals surface area contributed by atoms with Gasteiger partial charge in [0, 0.05) is 5.75 Å². The fraction of sp³-hybridized carbons (Fsp3) is 1.00. The van der Waals surface area contributed by atoms with E-state index < -0.39 is 10.1 Å². The summed E-state index contributed by atoms with van der Waals surface area (Å²) >= 11 is 0. The second-order valence-corrected chi connectivity index (χ2v) is 4.24. The predicted molar refractivity (Wildman–Crippen MR) is 43.6 cm³/mol. The van der Waals surface area contributed by atoms with Crippen LogP contribution in [0.25, 0.3) is 0 Å². The van der Waals surface area contributed by atoms with Gasteiger partial charge in [-0.3, -0.25) is 4.39 Å². The third kappa shape index (κ3) is 15.6. The Bertz CT molecular complexity index is 194. The maximum atomic E-state index is 11.5. The second-order valence-electron chi connectivity index (χ2n) is 2.72. The van der Waals surface area contributed by atoms with Gasteiger partial charge in [-0.05, 0) is 12.8 Å². The summed E-state index contributed by atoms with van der Waals surface area (Å²) in [4.78, 5) is 0. The van der Waals surface area contributed by atoms with E-state index in [9.17, 15) is 17.4 Å². The number of unbranched alkanes of at least 4 members (excludes halogenated alkanes) is 4. The van der Waals surface area contributed by atoms with Crippen molar-refractivity contribution in [1.82, 2.24) is 0 Å². The Morgan fingerprint density at radius 3 is 1.92 bits per heavy atom. The quantitative estimate of drug-likeness (QED) is 0.297. The monoisotopic (exact) mass is 220 g/mol. The van der Waals surface area contributed by atoms with Gasteiger partial charge < -0.3 is 4.55 Å². The molecule has 0 rings (SSSR count). The van der Waals surface area contributed by atoms with Crippen LogP contribution in [0.1, 0.15) is 32.1 Å². The molecule has 0 spiro atoms. The van der Waals surface area contributed by atoms with Gasteiger partial charge in [-0.25, -0.2) is 8.42 Å². The molecule has 0 saturated heterocycles. The van der Waals surface area contributed by atoms with Crippen LogP contribution in [0.2, 0.25) is 0 Å². The Morgan fingerprint density at radius 2 is 1.46 bits per heavy atom. The van der Waals surface area contributed by atoms with Gasteiger partial charge in [0.2, 0.25) is 0 Å². The van der Waals surface area contributed by atoms with E-state index in [0.717, 1.165) is 12.8 Å². The van der Waals surface area contributed by atoms with Gasteiger partial charge in [-0.15, -0.1) is 0 Å². The van der Waals surface area contributed by atoms with E-state index in [2.05, 4.69) is 0 Å². The van der Waals surface area contributed by atoms with E-state index in [4.69, 9.17) is 0 Å². The fourth-order valence-corrected chi connectivity index (χ4v) is 1.46. The number of rotatable bonds is 7. The normalized spacial score (nSPS) is 10.9. The maximum absolute atomic E-state index is 11.5. The van der Waals surface area contributed by atoms with Crippen LogP contribution < -0.4 is 29.6 Å². The molecule has 74 valence electrons. The minimum atomic E-state index is -4.04. The predicted octanol–water partition coefficient (Wildman–Crippen LogP) is -1.54. The van der Waals surface area contributed by atoms with Gasteiger partial charge in [0.05, 0.1) is 16.8 Å². The molecule has 0 N–H and O–H groups in total. The van der Waals surface area contributed by atoms with Crippen LogP contribution in [0.15, 0.2) is 0 Å². The van der Waals surface area contributed by atoms with Crippen LogP contribution in [0.3, 0.4) is 0 Å². The average molecular weight is 220 g/mol. The van der Waals surface area contributed by atoms with Gasteiger partial charge in [0.15, 0.2) is 0 Å². The molecule has 0 bridgehead atoms. The van der Waals surface area contributed by atoms with Crippen molar-refractivity contribution < 1.29 is 46.9 Å². The van der Waals surface area contributed by atoms with Crippen molar-refractivity contribution in [1.29, 1.82) is 0 Å². The first-order valence-electron chi connectivity index (χ1n) is 4.06. The Kier molecular flexibility index (Phi) is 11.8. The first kappa shape index (κ1) is 16.3. The fourth-order valence-electron chi connectivity index (χ4n) is 0.904. The van der Waals surface area contributed by atoms with Crippen molar-refractivity contribution in [3.05, 3.63) is 0 Å².